The van der Waals surface area contributed by atoms with Gasteiger partial charge in [-0.3, -0.25) is 24.7 Å². The molecule has 60 heavy (non-hydrogen) atoms. The van der Waals surface area contributed by atoms with Gasteiger partial charge in [0.15, 0.2) is 15.7 Å². The van der Waals surface area contributed by atoms with Gasteiger partial charge in [-0.15, -0.1) is 0 Å². The average molecular weight is 859 g/mol. The number of para-hydroxylation sites is 1. The van der Waals surface area contributed by atoms with Crippen LogP contribution in [0.25, 0.3) is 0 Å². The number of sulfone groups is 1. The van der Waals surface area contributed by atoms with Crippen LogP contribution in [0.4, 0.5) is 34.5 Å². The van der Waals surface area contributed by atoms with E-state index in [1.807, 2.05) is 26.0 Å². The highest BCUT2D eigenvalue weighted by Crippen LogP contribution is 2.38. The van der Waals surface area contributed by atoms with Crippen LogP contribution in [-0.4, -0.2) is 103 Å². The summed E-state index contributed by atoms with van der Waals surface area (Å²) in [5.74, 6) is 0.766. The molecule has 1 unspecified atom stereocenters. The van der Waals surface area contributed by atoms with Gasteiger partial charge in [-0.05, 0) is 95.3 Å². The normalized spacial score (nSPS) is 18.5. The lowest BCUT2D eigenvalue weighted by atomic mass is 10.00. The van der Waals surface area contributed by atoms with Crippen LogP contribution < -0.4 is 30.9 Å². The smallest absolute Gasteiger partial charge is 0.249 e. The van der Waals surface area contributed by atoms with Crippen molar-refractivity contribution in [1.29, 1.82) is 0 Å². The summed E-state index contributed by atoms with van der Waals surface area (Å²) in [6, 6.07) is 19.3. The first-order chi connectivity index (χ1) is 28.7. The molecular weight excluding hydrogens is 802 g/mol. The molecule has 3 fully saturated rings. The highest BCUT2D eigenvalue weighted by molar-refractivity contribution is 7.92. The van der Waals surface area contributed by atoms with Crippen LogP contribution in [0.1, 0.15) is 64.5 Å². The maximum Gasteiger partial charge on any atom is 0.249 e. The van der Waals surface area contributed by atoms with Crippen LogP contribution in [-0.2, 0) is 26.0 Å². The molecule has 3 aromatic carbocycles. The van der Waals surface area contributed by atoms with E-state index in [2.05, 4.69) is 77.1 Å². The van der Waals surface area contributed by atoms with Crippen molar-refractivity contribution in [2.75, 3.05) is 60.1 Å². The molecule has 16 heteroatoms. The Bertz CT molecular complexity index is 2290. The van der Waals surface area contributed by atoms with Gasteiger partial charge in [0, 0.05) is 75.7 Å². The fraction of sp³-hybridized carbons (Fsp3) is 0.455. The number of carbonyl (C=O) groups is 2. The predicted molar refractivity (Wildman–Crippen MR) is 238 cm³/mol. The van der Waals surface area contributed by atoms with Crippen LogP contribution in [0.15, 0.2) is 71.8 Å². The molecule has 0 bridgehead atoms. The molecular formula is C44H56ClN9O5S. The maximum atomic E-state index is 13.1. The zero-order valence-electron chi connectivity index (χ0n) is 35.0. The second-order valence-electron chi connectivity index (χ2n) is 16.4. The van der Waals surface area contributed by atoms with Crippen LogP contribution in [0.3, 0.4) is 0 Å². The third kappa shape index (κ3) is 10.3. The first-order valence-electron chi connectivity index (χ1n) is 20.8. The van der Waals surface area contributed by atoms with Gasteiger partial charge in [-0.1, -0.05) is 35.9 Å². The summed E-state index contributed by atoms with van der Waals surface area (Å²) in [7, 11) is -3.57. The molecule has 3 aliphatic rings. The van der Waals surface area contributed by atoms with Crippen molar-refractivity contribution in [1.82, 2.24) is 25.1 Å². The summed E-state index contributed by atoms with van der Waals surface area (Å²) in [5.41, 5.74) is 5.43. The molecule has 320 valence electrons. The van der Waals surface area contributed by atoms with Crippen LogP contribution in [0.5, 0.6) is 5.75 Å². The van der Waals surface area contributed by atoms with Gasteiger partial charge in [0.2, 0.25) is 17.8 Å². The third-order valence-electron chi connectivity index (χ3n) is 11.4. The Morgan fingerprint density at radius 3 is 2.37 bits per heavy atom. The summed E-state index contributed by atoms with van der Waals surface area (Å²) in [4.78, 5) is 40.7. The zero-order valence-corrected chi connectivity index (χ0v) is 36.6. The van der Waals surface area contributed by atoms with Gasteiger partial charge < -0.3 is 25.6 Å². The number of hydrogen-bond acceptors (Lipinski definition) is 13. The molecule has 0 aliphatic carbocycles. The Kier molecular flexibility index (Phi) is 13.5. The van der Waals surface area contributed by atoms with Crippen molar-refractivity contribution in [3.63, 3.8) is 0 Å². The zero-order chi connectivity index (χ0) is 42.6. The molecule has 14 nitrogen and oxygen atoms in total. The lowest BCUT2D eigenvalue weighted by Crippen LogP contribution is -2.53. The maximum absolute atomic E-state index is 13.1. The number of rotatable bonds is 14. The minimum atomic E-state index is -3.57. The van der Waals surface area contributed by atoms with Crippen LogP contribution >= 0.6 is 11.6 Å². The number of ether oxygens (including phenoxy) is 1. The van der Waals surface area contributed by atoms with E-state index in [1.54, 1.807) is 38.1 Å². The van der Waals surface area contributed by atoms with Gasteiger partial charge in [-0.2, -0.15) is 4.98 Å². The van der Waals surface area contributed by atoms with Crippen molar-refractivity contribution in [2.45, 2.75) is 95.2 Å². The summed E-state index contributed by atoms with van der Waals surface area (Å²) in [5, 5.41) is 11.8. The van der Waals surface area contributed by atoms with Crippen LogP contribution in [0, 0.1) is 6.92 Å². The average Bonchev–Trinajstić information content (AvgIpc) is 3.21. The number of anilines is 6. The minimum absolute atomic E-state index is 0.0771. The molecule has 2 amide bonds. The number of aryl methyl sites for hydroxylation is 1. The van der Waals surface area contributed by atoms with Crippen LogP contribution in [0.2, 0.25) is 5.02 Å². The fourth-order valence-electron chi connectivity index (χ4n) is 8.11. The molecule has 4 heterocycles. The Labute approximate surface area is 358 Å². The van der Waals surface area contributed by atoms with E-state index < -0.39 is 21.1 Å². The molecule has 4 N–H and O–H groups in total. The molecule has 1 aromatic heterocycles. The lowest BCUT2D eigenvalue weighted by Gasteiger charge is -2.43. The SMILES string of the molecule is Cc1cc(Nc2ncc(Cl)c(Nc3ccccc3S(=O)(=O)C(C)C)n2)c(OC(C)C)cc1N1CCC(N2CCN(Cc3cccc(NC4CCC(=O)NC4=O)c3)CC2)CC1. The number of piperidine rings is 2. The number of aromatic nitrogens is 2. The number of hydrogen-bond donors (Lipinski definition) is 4. The van der Waals surface area contributed by atoms with Crippen molar-refractivity contribution in [3.8, 4) is 5.75 Å². The van der Waals surface area contributed by atoms with Crippen molar-refractivity contribution in [3.05, 3.63) is 83.0 Å². The number of nitrogens with zero attached hydrogens (tertiary/aromatic N) is 5. The number of nitrogens with one attached hydrogen (secondary N) is 4. The van der Waals surface area contributed by atoms with E-state index in [1.165, 1.54) is 11.8 Å². The molecule has 3 saturated heterocycles. The van der Waals surface area contributed by atoms with Gasteiger partial charge in [0.1, 0.15) is 16.8 Å². The Balaban J connectivity index is 0.955. The molecule has 4 aromatic rings. The quantitative estimate of drug-likeness (QED) is 0.0971. The highest BCUT2D eigenvalue weighted by Gasteiger charge is 2.30. The summed E-state index contributed by atoms with van der Waals surface area (Å²) in [6.45, 7) is 16.2. The van der Waals surface area contributed by atoms with Gasteiger partial charge >= 0.3 is 0 Å². The third-order valence-corrected chi connectivity index (χ3v) is 13.8. The van der Waals surface area contributed by atoms with E-state index >= 15 is 0 Å². The highest BCUT2D eigenvalue weighted by atomic mass is 35.5. The number of carbonyl (C=O) groups excluding carboxylic acids is 2. The fourth-order valence-corrected chi connectivity index (χ4v) is 9.45. The molecule has 0 spiro atoms. The minimum Gasteiger partial charge on any atom is -0.489 e. The van der Waals surface area contributed by atoms with Gasteiger partial charge in [-0.25, -0.2) is 13.4 Å². The molecule has 0 radical (unpaired) electrons. The van der Waals surface area contributed by atoms with E-state index in [9.17, 15) is 18.0 Å². The second-order valence-corrected chi connectivity index (χ2v) is 19.3. The van der Waals surface area contributed by atoms with Crippen molar-refractivity contribution >= 4 is 67.8 Å². The monoisotopic (exact) mass is 857 g/mol. The number of halogens is 1. The van der Waals surface area contributed by atoms with Crippen molar-refractivity contribution in [2.24, 2.45) is 0 Å². The summed E-state index contributed by atoms with van der Waals surface area (Å²) in [6.07, 6.45) is 4.41. The number of benzene rings is 3. The second kappa shape index (κ2) is 18.8. The van der Waals surface area contributed by atoms with Gasteiger partial charge in [0.05, 0.1) is 33.8 Å². The van der Waals surface area contributed by atoms with E-state index in [-0.39, 0.29) is 39.6 Å². The standard InChI is InChI=1S/C44H56ClN9O5S/c1-28(2)59-39-25-38(30(5)23-37(39)49-44-46-26-34(45)42(51-44)48-35-11-6-7-12-40(35)60(57,58)29(3)4)54-17-15-33(16-18-54)53-21-19-52(20-22-53)27-31-9-8-10-32(24-31)47-36-13-14-41(55)50-43(36)56/h6-12,23-26,28-29,33,36,47H,13-22,27H2,1-5H3,(H,50,55,56)(H2,46,48,49,51). The van der Waals surface area contributed by atoms with Crippen molar-refractivity contribution < 1.29 is 22.7 Å². The summed E-state index contributed by atoms with van der Waals surface area (Å²) >= 11 is 6.52. The summed E-state index contributed by atoms with van der Waals surface area (Å²) < 4.78 is 32.5. The topological polar surface area (TPSA) is 161 Å². The number of piperazine rings is 1. The predicted octanol–water partition coefficient (Wildman–Crippen LogP) is 6.90. The number of imide groups is 1. The van der Waals surface area contributed by atoms with Gasteiger partial charge in [0.25, 0.3) is 0 Å². The molecule has 3 aliphatic heterocycles. The first kappa shape index (κ1) is 43.1. The molecule has 0 saturated carbocycles. The van der Waals surface area contributed by atoms with E-state index in [0.29, 0.717) is 36.0 Å². The Morgan fingerprint density at radius 1 is 0.900 bits per heavy atom. The molecule has 7 rings (SSSR count). The van der Waals surface area contributed by atoms with E-state index in [0.717, 1.165) is 75.6 Å². The van der Waals surface area contributed by atoms with E-state index in [4.69, 9.17) is 16.3 Å². The number of amides is 2. The lowest BCUT2D eigenvalue weighted by molar-refractivity contribution is -0.133. The molecule has 1 atom stereocenters. The first-order valence-corrected chi connectivity index (χ1v) is 22.8. The Hall–Kier alpha value is -4.96. The Morgan fingerprint density at radius 2 is 1.65 bits per heavy atom. The largest absolute Gasteiger partial charge is 0.489 e.